The average Bonchev–Trinajstić information content (AvgIpc) is 3.01. The van der Waals surface area contributed by atoms with Gasteiger partial charge in [0.05, 0.1) is 11.7 Å². The molecule has 1 aromatic carbocycles. The topological polar surface area (TPSA) is 75.6 Å². The Labute approximate surface area is 138 Å². The summed E-state index contributed by atoms with van der Waals surface area (Å²) in [6.45, 7) is 1.37. The standard InChI is InChI=1S/C15H19NO4S2/c1-9(17)16-12(14(19)20-2)8-10-3-4-13(18)11(7-10)15-21-5-6-22-15/h3-4,7,12,15,18H,5-6,8H2,1-2H3,(H,16,17). The monoisotopic (exact) mass is 341 g/mol. The molecule has 5 nitrogen and oxygen atoms in total. The number of methoxy groups -OCH3 is 1. The second kappa shape index (κ2) is 7.78. The predicted octanol–water partition coefficient (Wildman–Crippen LogP) is 2.09. The lowest BCUT2D eigenvalue weighted by molar-refractivity contribution is -0.144. The molecule has 0 radical (unpaired) electrons. The third-order valence-electron chi connectivity index (χ3n) is 3.27. The van der Waals surface area contributed by atoms with E-state index in [1.54, 1.807) is 35.7 Å². The van der Waals surface area contributed by atoms with Crippen LogP contribution in [0.2, 0.25) is 0 Å². The van der Waals surface area contributed by atoms with Crippen molar-refractivity contribution in [1.29, 1.82) is 0 Å². The minimum Gasteiger partial charge on any atom is -0.508 e. The Bertz CT molecular complexity index is 558. The highest BCUT2D eigenvalue weighted by Gasteiger charge is 2.24. The Morgan fingerprint density at radius 3 is 2.68 bits per heavy atom. The fourth-order valence-electron chi connectivity index (χ4n) is 2.27. The number of aromatic hydroxyl groups is 1. The van der Waals surface area contributed by atoms with E-state index in [2.05, 4.69) is 5.32 Å². The molecule has 0 saturated carbocycles. The summed E-state index contributed by atoms with van der Waals surface area (Å²) in [5, 5.41) is 12.6. The number of carbonyl (C=O) groups excluding carboxylic acids is 2. The molecule has 1 amide bonds. The lowest BCUT2D eigenvalue weighted by atomic mass is 10.0. The van der Waals surface area contributed by atoms with Crippen LogP contribution in [0.1, 0.15) is 22.6 Å². The average molecular weight is 341 g/mol. The molecule has 0 spiro atoms. The molecule has 120 valence electrons. The minimum absolute atomic E-state index is 0.220. The van der Waals surface area contributed by atoms with Gasteiger partial charge < -0.3 is 15.2 Å². The summed E-state index contributed by atoms with van der Waals surface area (Å²) in [6, 6.07) is 4.60. The van der Waals surface area contributed by atoms with Crippen LogP contribution in [0.4, 0.5) is 0 Å². The van der Waals surface area contributed by atoms with Crippen molar-refractivity contribution < 1.29 is 19.4 Å². The number of hydrogen-bond donors (Lipinski definition) is 2. The van der Waals surface area contributed by atoms with E-state index in [9.17, 15) is 14.7 Å². The molecular weight excluding hydrogens is 322 g/mol. The zero-order valence-electron chi connectivity index (χ0n) is 12.5. The number of phenols is 1. The maximum absolute atomic E-state index is 11.8. The van der Waals surface area contributed by atoms with Gasteiger partial charge in [-0.3, -0.25) is 4.79 Å². The highest BCUT2D eigenvalue weighted by atomic mass is 32.2. The Morgan fingerprint density at radius 2 is 2.09 bits per heavy atom. The van der Waals surface area contributed by atoms with E-state index in [0.29, 0.717) is 6.42 Å². The number of phenolic OH excluding ortho intramolecular Hbond substituents is 1. The Morgan fingerprint density at radius 1 is 1.41 bits per heavy atom. The summed E-state index contributed by atoms with van der Waals surface area (Å²) < 4.78 is 4.95. The van der Waals surface area contributed by atoms with E-state index in [1.165, 1.54) is 14.0 Å². The van der Waals surface area contributed by atoms with Gasteiger partial charge in [-0.1, -0.05) is 12.1 Å². The summed E-state index contributed by atoms with van der Waals surface area (Å²) in [4.78, 5) is 23.0. The molecule has 0 bridgehead atoms. The number of ether oxygens (including phenoxy) is 1. The van der Waals surface area contributed by atoms with E-state index >= 15 is 0 Å². The summed E-state index contributed by atoms with van der Waals surface area (Å²) in [5.74, 6) is 1.64. The first kappa shape index (κ1) is 17.0. The zero-order chi connectivity index (χ0) is 16.1. The number of hydrogen-bond acceptors (Lipinski definition) is 6. The molecular formula is C15H19NO4S2. The molecule has 2 N–H and O–H groups in total. The molecule has 1 atom stereocenters. The molecule has 1 aromatic rings. The fourth-order valence-corrected chi connectivity index (χ4v) is 5.17. The van der Waals surface area contributed by atoms with Gasteiger partial charge in [-0.25, -0.2) is 4.79 Å². The Hall–Kier alpha value is -1.34. The lowest BCUT2D eigenvalue weighted by Crippen LogP contribution is -2.42. The van der Waals surface area contributed by atoms with Gasteiger partial charge in [0.25, 0.3) is 0 Å². The first-order valence-electron chi connectivity index (χ1n) is 6.91. The molecule has 7 heteroatoms. The first-order chi connectivity index (χ1) is 10.5. The molecule has 0 aliphatic carbocycles. The summed E-state index contributed by atoms with van der Waals surface area (Å²) in [5.41, 5.74) is 1.75. The molecule has 1 aliphatic heterocycles. The van der Waals surface area contributed by atoms with Crippen LogP contribution < -0.4 is 5.32 Å². The van der Waals surface area contributed by atoms with Crippen molar-refractivity contribution >= 4 is 35.4 Å². The van der Waals surface area contributed by atoms with Gasteiger partial charge in [0, 0.05) is 30.4 Å². The van der Waals surface area contributed by atoms with Gasteiger partial charge in [0.15, 0.2) is 0 Å². The number of rotatable bonds is 5. The van der Waals surface area contributed by atoms with Crippen LogP contribution in [-0.2, 0) is 20.7 Å². The van der Waals surface area contributed by atoms with E-state index in [-0.39, 0.29) is 16.2 Å². The normalized spacial score (nSPS) is 16.3. The smallest absolute Gasteiger partial charge is 0.328 e. The number of carbonyl (C=O) groups is 2. The number of benzene rings is 1. The number of amides is 1. The van der Waals surface area contributed by atoms with Crippen LogP contribution in [-0.4, -0.2) is 41.6 Å². The van der Waals surface area contributed by atoms with Crippen LogP contribution >= 0.6 is 23.5 Å². The van der Waals surface area contributed by atoms with E-state index in [1.807, 2.05) is 6.07 Å². The molecule has 1 aliphatic rings. The molecule has 0 aromatic heterocycles. The van der Waals surface area contributed by atoms with Gasteiger partial charge >= 0.3 is 5.97 Å². The molecule has 1 heterocycles. The minimum atomic E-state index is -0.719. The Kier molecular flexibility index (Phi) is 6.02. The van der Waals surface area contributed by atoms with Gasteiger partial charge in [-0.2, -0.15) is 0 Å². The third kappa shape index (κ3) is 4.33. The van der Waals surface area contributed by atoms with Crippen LogP contribution in [0.15, 0.2) is 18.2 Å². The number of thioether (sulfide) groups is 2. The van der Waals surface area contributed by atoms with Crippen LogP contribution in [0.5, 0.6) is 5.75 Å². The van der Waals surface area contributed by atoms with E-state index in [4.69, 9.17) is 4.74 Å². The Balaban J connectivity index is 2.18. The molecule has 2 rings (SSSR count). The molecule has 1 unspecified atom stereocenters. The van der Waals surface area contributed by atoms with Crippen LogP contribution in [0.3, 0.4) is 0 Å². The van der Waals surface area contributed by atoms with Crippen molar-refractivity contribution in [2.45, 2.75) is 24.0 Å². The number of nitrogens with one attached hydrogen (secondary N) is 1. The second-order valence-electron chi connectivity index (χ2n) is 4.95. The second-order valence-corrected chi connectivity index (χ2v) is 7.67. The van der Waals surface area contributed by atoms with E-state index in [0.717, 1.165) is 22.6 Å². The zero-order valence-corrected chi connectivity index (χ0v) is 14.1. The largest absolute Gasteiger partial charge is 0.508 e. The van der Waals surface area contributed by atoms with Gasteiger partial charge in [0.1, 0.15) is 11.8 Å². The molecule has 1 fully saturated rings. The SMILES string of the molecule is COC(=O)C(Cc1ccc(O)c(C2SCCS2)c1)NC(C)=O. The van der Waals surface area contributed by atoms with E-state index < -0.39 is 12.0 Å². The van der Waals surface area contributed by atoms with Crippen LogP contribution in [0, 0.1) is 0 Å². The first-order valence-corrected chi connectivity index (χ1v) is 9.01. The molecule has 1 saturated heterocycles. The van der Waals surface area contributed by atoms with Crippen LogP contribution in [0.25, 0.3) is 0 Å². The molecule has 22 heavy (non-hydrogen) atoms. The fraction of sp³-hybridized carbons (Fsp3) is 0.467. The quantitative estimate of drug-likeness (QED) is 0.799. The summed E-state index contributed by atoms with van der Waals surface area (Å²) >= 11 is 3.60. The van der Waals surface area contributed by atoms with Crippen molar-refractivity contribution in [2.24, 2.45) is 0 Å². The van der Waals surface area contributed by atoms with Crippen molar-refractivity contribution in [3.8, 4) is 5.75 Å². The van der Waals surface area contributed by atoms with Crippen molar-refractivity contribution in [3.05, 3.63) is 29.3 Å². The van der Waals surface area contributed by atoms with Gasteiger partial charge in [-0.15, -0.1) is 23.5 Å². The highest BCUT2D eigenvalue weighted by Crippen LogP contribution is 2.48. The maximum atomic E-state index is 11.8. The van der Waals surface area contributed by atoms with Crippen molar-refractivity contribution in [2.75, 3.05) is 18.6 Å². The van der Waals surface area contributed by atoms with Gasteiger partial charge in [0.2, 0.25) is 5.91 Å². The predicted molar refractivity (Wildman–Crippen MR) is 89.1 cm³/mol. The third-order valence-corrected chi connectivity index (χ3v) is 6.34. The van der Waals surface area contributed by atoms with Crippen molar-refractivity contribution in [3.63, 3.8) is 0 Å². The number of esters is 1. The maximum Gasteiger partial charge on any atom is 0.328 e. The van der Waals surface area contributed by atoms with Gasteiger partial charge in [-0.05, 0) is 11.6 Å². The highest BCUT2D eigenvalue weighted by molar-refractivity contribution is 8.19. The summed E-state index contributed by atoms with van der Waals surface area (Å²) in [7, 11) is 1.30. The lowest BCUT2D eigenvalue weighted by Gasteiger charge is -2.17. The summed E-state index contributed by atoms with van der Waals surface area (Å²) in [6.07, 6.45) is 0.335. The van der Waals surface area contributed by atoms with Crippen molar-refractivity contribution in [1.82, 2.24) is 5.32 Å².